The number of hydrogen-bond donors (Lipinski definition) is 0. The lowest BCUT2D eigenvalue weighted by Crippen LogP contribution is -2.63. The molecule has 0 aliphatic carbocycles. The molecule has 9 heterocycles. The molecule has 0 fully saturated rings. The number of phosphoric acid groups is 1. The molecule has 0 saturated heterocycles. The van der Waals surface area contributed by atoms with Crippen molar-refractivity contribution in [1.82, 2.24) is 41.1 Å². The molecule has 12 rings (SSSR count). The highest BCUT2D eigenvalue weighted by molar-refractivity contribution is 7.48. The molecule has 0 aliphatic heterocycles. The number of rotatable bonds is 18. The van der Waals surface area contributed by atoms with Gasteiger partial charge in [-0.15, -0.1) is 68.0 Å². The Morgan fingerprint density at radius 3 is 0.731 bits per heavy atom. The van der Waals surface area contributed by atoms with Crippen molar-refractivity contribution in [3.05, 3.63) is 214 Å². The number of halogens is 15. The molecule has 0 atom stereocenters. The molecule has 0 unspecified atom stereocenters. The standard InChI is InChI=1S/C87H90F15N12O13PS6/c1-76(2,3)85(77(4,5)6,112-49(43-25-28-46(88)58(61(43)91)82(94,95)96)37-132-70(112)103-52(115)31-40-34-129-67-55(40)64(118)106(19)73(121)109(67)22)125-128(124,126-86(78(7,8)9,79(10,11)12)113-50(44-26-29-47(89)59(62(44)92)83(97,98)99)38-133-71(113)104-53(116)32-41-35-130-68-56(41)65(119)107(20)74(122)110(68)23)127-87(80(13,14)15,81(16,17)18)114-51(45-27-30-48(90)60(63(45)93)84(100,101)102)39-134-72(114)105-54(117)33-42-36-131-69-57(42)66(120)108(21)75(123)111(69)24/h25-30,34-39H,31-33H2,1-24H3/b103-70-,104-71-,105-72-. The first-order chi connectivity index (χ1) is 61.2. The SMILES string of the molecule is Cn1c(=O)c2c(CC(=O)/N=c3\scc(-c4ccc(F)c(C(F)(F)F)c4F)n3C(OP(=O)(OC(n3c(-c4ccc(F)c(C(F)(F)F)c4F)cs/c3=N\C(=O)Cc3csc4c3c(=O)n(C)c(=O)n4C)(C(C)(C)C)C(C)(C)C)OC(n3c(-c4ccc(F)c(C(F)(F)F)c4F)cs/c3=N\C(=O)Cc3csc4c3c(=O)n(C)c(=O)n4C)(C(C)(C)C)C(C)(C)C)(C(C)(C)C)C(C)(C)C)csc2n(C)c1=O. The Hall–Kier alpha value is -10.1. The lowest BCUT2D eigenvalue weighted by molar-refractivity contribution is -0.261. The predicted octanol–water partition coefficient (Wildman–Crippen LogP) is 18.8. The van der Waals surface area contributed by atoms with E-state index in [1.54, 1.807) is 0 Å². The smallest absolute Gasteiger partial charge is 0.287 e. The van der Waals surface area contributed by atoms with Crippen LogP contribution in [-0.2, 0) is 130 Å². The lowest BCUT2D eigenvalue weighted by Gasteiger charge is -2.60. The quantitative estimate of drug-likeness (QED) is 0.0571. The zero-order chi connectivity index (χ0) is 101. The van der Waals surface area contributed by atoms with Crippen LogP contribution in [0.5, 0.6) is 0 Å². The van der Waals surface area contributed by atoms with Crippen LogP contribution in [0.4, 0.5) is 65.9 Å². The van der Waals surface area contributed by atoms with Gasteiger partial charge in [0.05, 0.1) is 52.5 Å². The van der Waals surface area contributed by atoms with Gasteiger partial charge in [0.25, 0.3) is 34.4 Å². The van der Waals surface area contributed by atoms with Gasteiger partial charge in [-0.05, 0) is 69.2 Å². The van der Waals surface area contributed by atoms with Gasteiger partial charge in [0.15, 0.2) is 31.6 Å². The van der Waals surface area contributed by atoms with Gasteiger partial charge in [-0.25, -0.2) is 45.3 Å². The number of carbonyl (C=O) groups is 3. The maximum atomic E-state index is 20.0. The number of hydrogen-bond acceptors (Lipinski definition) is 19. The molecule has 722 valence electrons. The van der Waals surface area contributed by atoms with Crippen molar-refractivity contribution in [2.45, 2.75) is 180 Å². The molecule has 0 aliphatic rings. The Labute approximate surface area is 775 Å². The van der Waals surface area contributed by atoms with Crippen LogP contribution in [-0.4, -0.2) is 58.8 Å². The highest BCUT2D eigenvalue weighted by atomic mass is 32.1. The van der Waals surface area contributed by atoms with Crippen molar-refractivity contribution in [1.29, 1.82) is 0 Å². The number of nitrogens with zero attached hydrogens (tertiary/aromatic N) is 12. The summed E-state index contributed by atoms with van der Waals surface area (Å²) in [6.07, 6.45) is -20.3. The van der Waals surface area contributed by atoms with Crippen LogP contribution in [0, 0.1) is 67.4 Å². The Morgan fingerprint density at radius 2 is 0.537 bits per heavy atom. The van der Waals surface area contributed by atoms with Crippen LogP contribution in [0.25, 0.3) is 64.4 Å². The maximum Gasteiger partial charge on any atom is 0.481 e. The van der Waals surface area contributed by atoms with Crippen molar-refractivity contribution < 1.29 is 98.4 Å². The average molecular weight is 2020 g/mol. The van der Waals surface area contributed by atoms with E-state index in [2.05, 4.69) is 15.0 Å². The molecule has 47 heteroatoms. The molecule has 0 spiro atoms. The number of benzene rings is 3. The molecule has 3 amide bonds. The zero-order valence-corrected chi connectivity index (χ0v) is 82.1. The minimum Gasteiger partial charge on any atom is -0.287 e. The normalized spacial score (nSPS) is 14.1. The summed E-state index contributed by atoms with van der Waals surface area (Å²) in [5, 5.41) is 6.27. The van der Waals surface area contributed by atoms with Crippen LogP contribution in [0.2, 0.25) is 0 Å². The molecule has 0 bridgehead atoms. The van der Waals surface area contributed by atoms with E-state index in [1.807, 2.05) is 0 Å². The highest BCUT2D eigenvalue weighted by Gasteiger charge is 2.69. The Kier molecular flexibility index (Phi) is 26.5. The summed E-state index contributed by atoms with van der Waals surface area (Å²) in [5.41, 5.74) is -41.8. The van der Waals surface area contributed by atoms with E-state index in [9.17, 15) is 28.8 Å². The molecule has 3 aromatic carbocycles. The average Bonchev–Trinajstić information content (AvgIpc) is 1.31. The lowest BCUT2D eigenvalue weighted by atomic mass is 9.68. The fourth-order valence-electron chi connectivity index (χ4n) is 18.1. The number of aromatic nitrogens is 9. The summed E-state index contributed by atoms with van der Waals surface area (Å²) < 4.78 is 294. The fraction of sp³-hybridized carbons (Fsp3) is 0.448. The van der Waals surface area contributed by atoms with E-state index < -0.39 is 247 Å². The van der Waals surface area contributed by atoms with Crippen molar-refractivity contribution in [3.63, 3.8) is 0 Å². The highest BCUT2D eigenvalue weighted by Crippen LogP contribution is 2.73. The first-order valence-electron chi connectivity index (χ1n) is 40.5. The third-order valence-corrected chi connectivity index (χ3v) is 30.5. The first-order valence-corrected chi connectivity index (χ1v) is 47.2. The number of carbonyl (C=O) groups excluding carboxylic acids is 3. The number of amides is 3. The second kappa shape index (κ2) is 34.6. The second-order valence-electron chi connectivity index (χ2n) is 38.2. The molecular formula is C87H90F15N12O13PS6. The maximum absolute atomic E-state index is 20.0. The fourth-order valence-corrected chi connectivity index (χ4v) is 27.0. The molecule has 25 nitrogen and oxygen atoms in total. The van der Waals surface area contributed by atoms with Gasteiger partial charge in [0, 0.05) is 108 Å². The zero-order valence-electron chi connectivity index (χ0n) is 76.3. The summed E-state index contributed by atoms with van der Waals surface area (Å²) in [7, 11) is 0.283. The summed E-state index contributed by atoms with van der Waals surface area (Å²) in [5.74, 6) is -17.4. The molecule has 9 aromatic heterocycles. The molecule has 0 radical (unpaired) electrons. The van der Waals surface area contributed by atoms with Crippen LogP contribution in [0.15, 0.2) is 112 Å². The monoisotopic (exact) mass is 2020 g/mol. The number of alkyl halides is 9. The van der Waals surface area contributed by atoms with Crippen LogP contribution in [0.3, 0.4) is 0 Å². The Morgan fingerprint density at radius 1 is 0.328 bits per heavy atom. The van der Waals surface area contributed by atoms with E-state index in [4.69, 9.17) is 13.6 Å². The third-order valence-electron chi connectivity index (χ3n) is 23.3. The number of phosphoric ester groups is 1. The van der Waals surface area contributed by atoms with Gasteiger partial charge < -0.3 is 0 Å². The molecule has 0 N–H and O–H groups in total. The van der Waals surface area contributed by atoms with Gasteiger partial charge in [-0.3, -0.25) is 83.4 Å². The molecular weight excluding hydrogens is 1930 g/mol. The number of thiophene rings is 3. The number of aryl methyl sites for hydroxylation is 3. The predicted molar refractivity (Wildman–Crippen MR) is 479 cm³/mol. The van der Waals surface area contributed by atoms with Crippen molar-refractivity contribution >= 4 is 124 Å². The van der Waals surface area contributed by atoms with E-state index in [1.165, 1.54) is 162 Å². The first kappa shape index (κ1) is 103. The van der Waals surface area contributed by atoms with Crippen LogP contribution >= 0.6 is 75.8 Å². The van der Waals surface area contributed by atoms with Gasteiger partial charge in [-0.2, -0.15) is 54.5 Å². The molecule has 12 aromatic rings. The van der Waals surface area contributed by atoms with E-state index >= 15 is 84.8 Å². The van der Waals surface area contributed by atoms with Gasteiger partial charge >= 0.3 is 43.4 Å². The van der Waals surface area contributed by atoms with Crippen molar-refractivity contribution in [2.24, 2.45) is 89.8 Å². The third kappa shape index (κ3) is 17.1. The minimum absolute atomic E-state index is 0.0574. The van der Waals surface area contributed by atoms with Gasteiger partial charge in [0.1, 0.15) is 66.1 Å². The number of fused-ring (bicyclic) bond motifs is 3. The largest absolute Gasteiger partial charge is 0.481 e. The summed E-state index contributed by atoms with van der Waals surface area (Å²) in [6.45, 7) is 23.7. The Bertz CT molecular complexity index is 6840. The van der Waals surface area contributed by atoms with Crippen molar-refractivity contribution in [3.8, 4) is 33.8 Å². The second-order valence-corrected chi connectivity index (χ2v) is 44.7. The van der Waals surface area contributed by atoms with E-state index in [0.717, 1.165) is 112 Å². The number of thiazole rings is 3. The van der Waals surface area contributed by atoms with Crippen LogP contribution < -0.4 is 48.2 Å². The summed E-state index contributed by atoms with van der Waals surface area (Å²) in [4.78, 5) is 140. The summed E-state index contributed by atoms with van der Waals surface area (Å²) in [6, 6.07) is 2.32. The summed E-state index contributed by atoms with van der Waals surface area (Å²) >= 11 is 3.56. The Balaban J connectivity index is 1.31. The molecule has 134 heavy (non-hydrogen) atoms. The molecule has 0 saturated carbocycles. The van der Waals surface area contributed by atoms with E-state index in [0.29, 0.717) is 52.2 Å². The topological polar surface area (TPSA) is 280 Å². The van der Waals surface area contributed by atoms with Crippen molar-refractivity contribution in [2.75, 3.05) is 0 Å². The van der Waals surface area contributed by atoms with E-state index in [-0.39, 0.29) is 65.5 Å². The minimum atomic E-state index is -7.15. The van der Waals surface area contributed by atoms with Gasteiger partial charge in [0.2, 0.25) is 0 Å². The van der Waals surface area contributed by atoms with Gasteiger partial charge in [-0.1, -0.05) is 125 Å². The van der Waals surface area contributed by atoms with Crippen LogP contribution in [0.1, 0.15) is 158 Å².